The van der Waals surface area contributed by atoms with Crippen LogP contribution >= 0.6 is 11.6 Å². The van der Waals surface area contributed by atoms with Crippen molar-refractivity contribution in [3.63, 3.8) is 0 Å². The van der Waals surface area contributed by atoms with Crippen molar-refractivity contribution in [1.82, 2.24) is 34.1 Å². The third-order valence-corrected chi connectivity index (χ3v) is 8.20. The normalized spacial score (nSPS) is 15.8. The highest BCUT2D eigenvalue weighted by molar-refractivity contribution is 7.92. The number of sulfone groups is 1. The van der Waals surface area contributed by atoms with Crippen LogP contribution in [0.3, 0.4) is 0 Å². The van der Waals surface area contributed by atoms with E-state index in [0.29, 0.717) is 9.59 Å². The predicted octanol–water partition coefficient (Wildman–Crippen LogP) is 1.30. The van der Waals surface area contributed by atoms with Gasteiger partial charge in [0.15, 0.2) is 33.4 Å². The van der Waals surface area contributed by atoms with Gasteiger partial charge in [-0.05, 0) is 36.4 Å². The van der Waals surface area contributed by atoms with Crippen LogP contribution in [0.5, 0.6) is 0 Å². The Bertz CT molecular complexity index is 1760. The van der Waals surface area contributed by atoms with Crippen molar-refractivity contribution in [2.45, 2.75) is 25.4 Å². The number of nitrogens with zero attached hydrogens (tertiary/aromatic N) is 7. The molecule has 0 radical (unpaired) electrons. The molecule has 1 unspecified atom stereocenters. The van der Waals surface area contributed by atoms with Crippen molar-refractivity contribution in [1.29, 1.82) is 0 Å². The summed E-state index contributed by atoms with van der Waals surface area (Å²) in [5.74, 6) is -1.64. The first-order valence-electron chi connectivity index (χ1n) is 11.9. The van der Waals surface area contributed by atoms with Crippen molar-refractivity contribution in [2.24, 2.45) is 5.92 Å². The van der Waals surface area contributed by atoms with Crippen LogP contribution in [0.25, 0.3) is 17.2 Å². The van der Waals surface area contributed by atoms with Gasteiger partial charge in [-0.15, -0.1) is 10.2 Å². The number of anilines is 1. The maximum Gasteiger partial charge on any atom is 0.416 e. The van der Waals surface area contributed by atoms with Crippen LogP contribution in [0, 0.1) is 5.92 Å². The molecular weight excluding hydrogens is 593 g/mol. The molecule has 4 aromatic rings. The molecule has 13 nitrogen and oxygen atoms in total. The summed E-state index contributed by atoms with van der Waals surface area (Å²) in [6, 6.07) is 8.96. The van der Waals surface area contributed by atoms with Crippen LogP contribution in [0.1, 0.15) is 5.82 Å². The molecule has 41 heavy (non-hydrogen) atoms. The minimum Gasteiger partial charge on any atom is -0.382 e. The highest BCUT2D eigenvalue weighted by atomic mass is 35.5. The van der Waals surface area contributed by atoms with Gasteiger partial charge in [0.2, 0.25) is 5.91 Å². The van der Waals surface area contributed by atoms with Gasteiger partial charge in [0.1, 0.15) is 12.9 Å². The van der Waals surface area contributed by atoms with Crippen molar-refractivity contribution in [2.75, 3.05) is 16.8 Å². The molecule has 0 aliphatic carbocycles. The summed E-state index contributed by atoms with van der Waals surface area (Å²) in [5.41, 5.74) is -0.437. The predicted molar refractivity (Wildman–Crippen MR) is 138 cm³/mol. The number of benzene rings is 1. The maximum absolute atomic E-state index is 13.1. The molecule has 0 bridgehead atoms. The number of carbonyl (C=O) groups is 1. The number of amides is 1. The number of pyridine rings is 1. The third-order valence-electron chi connectivity index (χ3n) is 6.13. The third kappa shape index (κ3) is 6.15. The minimum absolute atomic E-state index is 0.0313. The number of hydrogen-bond acceptors (Lipinski definition) is 9. The molecule has 1 saturated heterocycles. The summed E-state index contributed by atoms with van der Waals surface area (Å²) in [7, 11) is -3.21. The molecule has 5 rings (SSSR count). The molecular formula is C23H20ClF3N8O5S. The first-order valence-corrected chi connectivity index (χ1v) is 14.1. The van der Waals surface area contributed by atoms with Crippen LogP contribution in [0.4, 0.5) is 18.9 Å². The van der Waals surface area contributed by atoms with E-state index in [1.165, 1.54) is 47.5 Å². The van der Waals surface area contributed by atoms with E-state index in [9.17, 15) is 36.3 Å². The first-order chi connectivity index (χ1) is 19.3. The number of halogens is 4. The van der Waals surface area contributed by atoms with Gasteiger partial charge >= 0.3 is 11.9 Å². The van der Waals surface area contributed by atoms with Crippen molar-refractivity contribution in [3.05, 3.63) is 70.3 Å². The number of hydrogen-bond donors (Lipinski definition) is 2. The molecule has 1 aliphatic rings. The molecule has 1 atom stereocenters. The molecule has 0 saturated carbocycles. The summed E-state index contributed by atoms with van der Waals surface area (Å²) in [5, 5.41) is 21.0. The number of carbonyl (C=O) groups excluding carboxylic acids is 1. The van der Waals surface area contributed by atoms with Crippen molar-refractivity contribution in [3.8, 4) is 17.2 Å². The van der Waals surface area contributed by atoms with E-state index in [0.717, 1.165) is 4.68 Å². The highest BCUT2D eigenvalue weighted by Gasteiger charge is 2.40. The van der Waals surface area contributed by atoms with Gasteiger partial charge in [0.05, 0.1) is 29.7 Å². The molecule has 4 heterocycles. The molecule has 18 heteroatoms. The van der Waals surface area contributed by atoms with Gasteiger partial charge < -0.3 is 10.4 Å². The summed E-state index contributed by atoms with van der Waals surface area (Å²) in [6.07, 6.45) is -5.12. The Kier molecular flexibility index (Phi) is 7.43. The SMILES string of the molecule is O=C(Nc1cccnc1-n1cnc(Cn2nc(-c3ccc(Cl)cc3)n(CC(O)C(F)(F)F)c2=O)n1)C1CS(=O)(=O)C1. The largest absolute Gasteiger partial charge is 0.416 e. The summed E-state index contributed by atoms with van der Waals surface area (Å²) < 4.78 is 64.9. The Morgan fingerprint density at radius 2 is 1.85 bits per heavy atom. The molecule has 2 N–H and O–H groups in total. The van der Waals surface area contributed by atoms with E-state index < -0.39 is 46.2 Å². The fourth-order valence-electron chi connectivity index (χ4n) is 4.03. The van der Waals surface area contributed by atoms with E-state index in [4.69, 9.17) is 11.6 Å². The number of aliphatic hydroxyl groups excluding tert-OH is 1. The molecule has 1 aromatic carbocycles. The standard InChI is InChI=1S/C23H20ClF3N8O5S/c24-15-5-3-13(4-6-15)19-32-34(22(38)33(19)8-17(36)23(25,26)27)9-18-29-12-35(31-18)20-16(2-1-7-28-20)30-21(37)14-10-41(39,40)11-14/h1-7,12,14,17,36H,8-11H2,(H,30,37). The van der Waals surface area contributed by atoms with Gasteiger partial charge in [-0.3, -0.25) is 9.36 Å². The molecule has 3 aromatic heterocycles. The number of aromatic nitrogens is 7. The lowest BCUT2D eigenvalue weighted by Crippen LogP contribution is -2.44. The summed E-state index contributed by atoms with van der Waals surface area (Å²) in [6.45, 7) is -1.45. The second-order valence-electron chi connectivity index (χ2n) is 9.18. The Balaban J connectivity index is 1.41. The fourth-order valence-corrected chi connectivity index (χ4v) is 5.59. The lowest BCUT2D eigenvalue weighted by molar-refractivity contribution is -0.207. The second kappa shape index (κ2) is 10.7. The van der Waals surface area contributed by atoms with E-state index in [1.54, 1.807) is 6.07 Å². The Morgan fingerprint density at radius 3 is 2.51 bits per heavy atom. The number of rotatable bonds is 8. The molecule has 1 amide bonds. The average molecular weight is 613 g/mol. The first kappa shape index (κ1) is 28.4. The van der Waals surface area contributed by atoms with Gasteiger partial charge in [-0.1, -0.05) is 11.6 Å². The number of nitrogens with one attached hydrogen (secondary N) is 1. The van der Waals surface area contributed by atoms with Crippen molar-refractivity contribution < 1.29 is 31.5 Å². The van der Waals surface area contributed by atoms with Crippen molar-refractivity contribution >= 4 is 33.0 Å². The molecule has 1 fully saturated rings. The lowest BCUT2D eigenvalue weighted by atomic mass is 10.2. The minimum atomic E-state index is -4.97. The van der Waals surface area contributed by atoms with Crippen LogP contribution in [-0.2, 0) is 27.7 Å². The van der Waals surface area contributed by atoms with Crippen LogP contribution in [0.15, 0.2) is 53.7 Å². The Labute approximate surface area is 234 Å². The van der Waals surface area contributed by atoms with E-state index in [1.807, 2.05) is 0 Å². The highest BCUT2D eigenvalue weighted by Crippen LogP contribution is 2.25. The average Bonchev–Trinajstić information content (AvgIpc) is 3.48. The van der Waals surface area contributed by atoms with E-state index in [-0.39, 0.29) is 46.8 Å². The number of aliphatic hydroxyl groups is 1. The van der Waals surface area contributed by atoms with Gasteiger partial charge in [-0.2, -0.15) is 13.2 Å². The topological polar surface area (TPSA) is 167 Å². The zero-order valence-corrected chi connectivity index (χ0v) is 22.3. The zero-order chi connectivity index (χ0) is 29.5. The summed E-state index contributed by atoms with van der Waals surface area (Å²) in [4.78, 5) is 33.9. The second-order valence-corrected chi connectivity index (χ2v) is 11.8. The smallest absolute Gasteiger partial charge is 0.382 e. The Morgan fingerprint density at radius 1 is 1.15 bits per heavy atom. The van der Waals surface area contributed by atoms with Crippen LogP contribution in [-0.4, -0.2) is 77.3 Å². The van der Waals surface area contributed by atoms with Crippen LogP contribution < -0.4 is 11.0 Å². The molecule has 216 valence electrons. The van der Waals surface area contributed by atoms with Gasteiger partial charge in [-0.25, -0.2) is 32.5 Å². The zero-order valence-electron chi connectivity index (χ0n) is 20.7. The maximum atomic E-state index is 13.1. The summed E-state index contributed by atoms with van der Waals surface area (Å²) >= 11 is 5.90. The van der Waals surface area contributed by atoms with E-state index in [2.05, 4.69) is 25.5 Å². The van der Waals surface area contributed by atoms with Gasteiger partial charge in [0.25, 0.3) is 0 Å². The quantitative estimate of drug-likeness (QED) is 0.298. The number of alkyl halides is 3. The van der Waals surface area contributed by atoms with Gasteiger partial charge in [0, 0.05) is 16.8 Å². The monoisotopic (exact) mass is 612 g/mol. The molecule has 0 spiro atoms. The lowest BCUT2D eigenvalue weighted by Gasteiger charge is -2.24. The molecule has 1 aliphatic heterocycles. The fraction of sp³-hybridized carbons (Fsp3) is 0.304. The Hall–Kier alpha value is -4.09. The van der Waals surface area contributed by atoms with Crippen LogP contribution in [0.2, 0.25) is 5.02 Å². The van der Waals surface area contributed by atoms with E-state index >= 15 is 0 Å².